The van der Waals surface area contributed by atoms with E-state index in [-0.39, 0.29) is 23.8 Å². The number of hydrogen-bond acceptors (Lipinski definition) is 7. The van der Waals surface area contributed by atoms with Crippen molar-refractivity contribution in [1.82, 2.24) is 19.7 Å². The Hall–Kier alpha value is -3.47. The number of benzene rings is 1. The number of carbonyl (C=O) groups excluding carboxylic acids is 3. The molecule has 4 aliphatic rings. The highest BCUT2D eigenvalue weighted by molar-refractivity contribution is 7.11. The van der Waals surface area contributed by atoms with Crippen molar-refractivity contribution < 1.29 is 29.0 Å². The van der Waals surface area contributed by atoms with Crippen molar-refractivity contribution in [1.29, 1.82) is 0 Å². The van der Waals surface area contributed by atoms with Crippen LogP contribution < -0.4 is 4.74 Å². The average molecular weight is 581 g/mol. The third-order valence-corrected chi connectivity index (χ3v) is 9.97. The SMILES string of the molecule is O=C1CCCN1C[C@@H]1c2c(cccc2O[C@H]2CCN(C(=O)c3cncs3)C2)CCN1C(=O)C1(C(=O)O)CCCCC1. The van der Waals surface area contributed by atoms with Gasteiger partial charge in [0.25, 0.3) is 5.91 Å². The van der Waals surface area contributed by atoms with Gasteiger partial charge in [-0.05, 0) is 37.3 Å². The first-order valence-corrected chi connectivity index (χ1v) is 15.5. The molecule has 218 valence electrons. The highest BCUT2D eigenvalue weighted by atomic mass is 32.1. The van der Waals surface area contributed by atoms with Gasteiger partial charge in [0.1, 0.15) is 22.1 Å². The van der Waals surface area contributed by atoms with Gasteiger partial charge >= 0.3 is 5.97 Å². The molecule has 1 aromatic heterocycles. The Balaban J connectivity index is 1.30. The zero-order valence-electron chi connectivity index (χ0n) is 23.1. The largest absolute Gasteiger partial charge is 0.488 e. The van der Waals surface area contributed by atoms with Gasteiger partial charge in [0, 0.05) is 44.6 Å². The third kappa shape index (κ3) is 5.20. The summed E-state index contributed by atoms with van der Waals surface area (Å²) in [4.78, 5) is 62.4. The Labute approximate surface area is 243 Å². The minimum atomic E-state index is -1.43. The maximum absolute atomic E-state index is 14.2. The van der Waals surface area contributed by atoms with Crippen LogP contribution in [-0.2, 0) is 20.8 Å². The van der Waals surface area contributed by atoms with Crippen LogP contribution in [0.3, 0.4) is 0 Å². The molecule has 10 nitrogen and oxygen atoms in total. The summed E-state index contributed by atoms with van der Waals surface area (Å²) in [5.74, 6) is -0.750. The first-order valence-electron chi connectivity index (χ1n) is 14.7. The van der Waals surface area contributed by atoms with Crippen LogP contribution in [0.1, 0.15) is 78.2 Å². The van der Waals surface area contributed by atoms with E-state index >= 15 is 0 Å². The molecule has 3 amide bonds. The minimum absolute atomic E-state index is 0.0534. The molecule has 4 heterocycles. The molecule has 41 heavy (non-hydrogen) atoms. The van der Waals surface area contributed by atoms with Crippen molar-refractivity contribution in [3.05, 3.63) is 45.9 Å². The molecule has 1 aromatic carbocycles. The number of ether oxygens (including phenoxy) is 1. The van der Waals surface area contributed by atoms with Gasteiger partial charge in [-0.1, -0.05) is 31.4 Å². The third-order valence-electron chi connectivity index (χ3n) is 9.21. The van der Waals surface area contributed by atoms with E-state index < -0.39 is 17.4 Å². The molecular weight excluding hydrogens is 544 g/mol. The van der Waals surface area contributed by atoms with Gasteiger partial charge in [-0.25, -0.2) is 0 Å². The summed E-state index contributed by atoms with van der Waals surface area (Å²) < 4.78 is 6.58. The fourth-order valence-electron chi connectivity index (χ4n) is 6.99. The first kappa shape index (κ1) is 27.7. The number of thiazole rings is 1. The summed E-state index contributed by atoms with van der Waals surface area (Å²) in [5.41, 5.74) is 2.12. The maximum atomic E-state index is 14.2. The fourth-order valence-corrected chi connectivity index (χ4v) is 7.58. The summed E-state index contributed by atoms with van der Waals surface area (Å²) in [7, 11) is 0. The number of rotatable bonds is 7. The summed E-state index contributed by atoms with van der Waals surface area (Å²) >= 11 is 1.32. The monoisotopic (exact) mass is 580 g/mol. The fraction of sp³-hybridized carbons (Fsp3) is 0.567. The summed E-state index contributed by atoms with van der Waals surface area (Å²) in [6.07, 6.45) is 6.91. The molecule has 1 saturated carbocycles. The van der Waals surface area contributed by atoms with Crippen LogP contribution in [0.4, 0.5) is 0 Å². The predicted octanol–water partition coefficient (Wildman–Crippen LogP) is 3.52. The van der Waals surface area contributed by atoms with Crippen molar-refractivity contribution in [3.63, 3.8) is 0 Å². The quantitative estimate of drug-likeness (QED) is 0.498. The van der Waals surface area contributed by atoms with Crippen LogP contribution in [0.2, 0.25) is 0 Å². The molecule has 3 aliphatic heterocycles. The number of fused-ring (bicyclic) bond motifs is 1. The second kappa shape index (κ2) is 11.4. The lowest BCUT2D eigenvalue weighted by molar-refractivity contribution is -0.165. The van der Waals surface area contributed by atoms with Crippen LogP contribution in [0.5, 0.6) is 5.75 Å². The van der Waals surface area contributed by atoms with Gasteiger partial charge in [-0.2, -0.15) is 0 Å². The Morgan fingerprint density at radius 2 is 1.90 bits per heavy atom. The molecule has 2 saturated heterocycles. The number of amides is 3. The highest BCUT2D eigenvalue weighted by Crippen LogP contribution is 2.44. The lowest BCUT2D eigenvalue weighted by atomic mass is 9.72. The molecule has 6 rings (SSSR count). The number of aliphatic carboxylic acids is 1. The smallest absolute Gasteiger partial charge is 0.319 e. The summed E-state index contributed by atoms with van der Waals surface area (Å²) in [5, 5.41) is 10.3. The van der Waals surface area contributed by atoms with Crippen LogP contribution in [0, 0.1) is 5.41 Å². The van der Waals surface area contributed by atoms with E-state index in [9.17, 15) is 24.3 Å². The Kier molecular flexibility index (Phi) is 7.72. The van der Waals surface area contributed by atoms with E-state index in [1.54, 1.807) is 26.4 Å². The molecular formula is C30H36N4O6S. The normalized spacial score (nSPS) is 23.9. The molecule has 2 atom stereocenters. The van der Waals surface area contributed by atoms with Gasteiger partial charge in [0.15, 0.2) is 0 Å². The molecule has 1 aliphatic carbocycles. The minimum Gasteiger partial charge on any atom is -0.488 e. The lowest BCUT2D eigenvalue weighted by Gasteiger charge is -2.44. The van der Waals surface area contributed by atoms with Crippen LogP contribution >= 0.6 is 11.3 Å². The Bertz CT molecular complexity index is 1320. The molecule has 2 aromatic rings. The molecule has 11 heteroatoms. The summed E-state index contributed by atoms with van der Waals surface area (Å²) in [6.45, 7) is 2.36. The van der Waals surface area contributed by atoms with Crippen LogP contribution in [0.25, 0.3) is 0 Å². The molecule has 1 N–H and O–H groups in total. The van der Waals surface area contributed by atoms with E-state index in [1.807, 2.05) is 18.2 Å². The lowest BCUT2D eigenvalue weighted by Crippen LogP contribution is -2.54. The van der Waals surface area contributed by atoms with Gasteiger partial charge in [-0.15, -0.1) is 11.3 Å². The zero-order valence-corrected chi connectivity index (χ0v) is 23.9. The number of nitrogens with zero attached hydrogens (tertiary/aromatic N) is 4. The standard InChI is InChI=1S/C30H36N4O6S/c35-25-8-5-13-32(25)18-22-26-20(9-15-34(22)28(37)30(29(38)39)11-2-1-3-12-30)6-4-7-23(26)40-21-10-14-33(17-21)27(36)24-16-31-19-41-24/h4,6-7,16,19,21-22H,1-3,5,8-15,17-18H2,(H,38,39)/t21-,22+/m0/s1. The Morgan fingerprint density at radius 1 is 1.07 bits per heavy atom. The van der Waals surface area contributed by atoms with Crippen LogP contribution in [0.15, 0.2) is 29.9 Å². The van der Waals surface area contributed by atoms with Gasteiger partial charge < -0.3 is 24.5 Å². The number of aromatic nitrogens is 1. The van der Waals surface area contributed by atoms with Crippen molar-refractivity contribution in [2.75, 3.05) is 32.7 Å². The molecule has 3 fully saturated rings. The summed E-state index contributed by atoms with van der Waals surface area (Å²) in [6, 6.07) is 5.37. The van der Waals surface area contributed by atoms with Gasteiger partial charge in [-0.3, -0.25) is 24.2 Å². The number of hydrogen-bond donors (Lipinski definition) is 1. The molecule has 0 spiro atoms. The van der Waals surface area contributed by atoms with Gasteiger partial charge in [0.05, 0.1) is 24.3 Å². The predicted molar refractivity (Wildman–Crippen MR) is 151 cm³/mol. The second-order valence-electron chi connectivity index (χ2n) is 11.6. The molecule has 0 bridgehead atoms. The molecule has 0 radical (unpaired) electrons. The van der Waals surface area contributed by atoms with E-state index in [4.69, 9.17) is 4.74 Å². The van der Waals surface area contributed by atoms with Gasteiger partial charge in [0.2, 0.25) is 11.8 Å². The van der Waals surface area contributed by atoms with Crippen molar-refractivity contribution >= 4 is 35.0 Å². The topological polar surface area (TPSA) is 120 Å². The maximum Gasteiger partial charge on any atom is 0.319 e. The second-order valence-corrected chi connectivity index (χ2v) is 12.5. The number of carboxylic acid groups (broad SMARTS) is 1. The molecule has 0 unspecified atom stereocenters. The van der Waals surface area contributed by atoms with Crippen molar-refractivity contribution in [2.24, 2.45) is 5.41 Å². The van der Waals surface area contributed by atoms with E-state index in [2.05, 4.69) is 4.98 Å². The Morgan fingerprint density at radius 3 is 2.61 bits per heavy atom. The van der Waals surface area contributed by atoms with Crippen molar-refractivity contribution in [3.8, 4) is 5.75 Å². The van der Waals surface area contributed by atoms with E-state index in [1.165, 1.54) is 11.3 Å². The average Bonchev–Trinajstić information content (AvgIpc) is 3.76. The van der Waals surface area contributed by atoms with Crippen molar-refractivity contribution in [2.45, 2.75) is 69.9 Å². The number of carbonyl (C=O) groups is 4. The highest BCUT2D eigenvalue weighted by Gasteiger charge is 2.51. The van der Waals surface area contributed by atoms with E-state index in [0.717, 1.165) is 24.0 Å². The van der Waals surface area contributed by atoms with E-state index in [0.29, 0.717) is 88.3 Å². The first-order chi connectivity index (χ1) is 19.9. The number of carboxylic acids is 1. The zero-order chi connectivity index (χ0) is 28.6. The van der Waals surface area contributed by atoms with Crippen LogP contribution in [-0.4, -0.2) is 87.3 Å². The number of likely N-dealkylation sites (tertiary alicyclic amines) is 2.